The average molecular weight is 572 g/mol. The van der Waals surface area contributed by atoms with Gasteiger partial charge in [-0.3, -0.25) is 13.9 Å². The number of carbonyl (C=O) groups is 2. The molecule has 208 valence electrons. The topological polar surface area (TPSA) is 96.0 Å². The van der Waals surface area contributed by atoms with Gasteiger partial charge in [0.25, 0.3) is 10.0 Å². The summed E-state index contributed by atoms with van der Waals surface area (Å²) in [5.74, 6) is -0.297. The van der Waals surface area contributed by atoms with Crippen LogP contribution in [-0.4, -0.2) is 51.4 Å². The molecule has 10 heteroatoms. The van der Waals surface area contributed by atoms with Crippen molar-refractivity contribution in [3.05, 3.63) is 88.9 Å². The summed E-state index contributed by atoms with van der Waals surface area (Å²) >= 11 is 6.43. The molecule has 0 bridgehead atoms. The van der Waals surface area contributed by atoms with Gasteiger partial charge in [-0.15, -0.1) is 0 Å². The van der Waals surface area contributed by atoms with Gasteiger partial charge in [-0.25, -0.2) is 8.42 Å². The van der Waals surface area contributed by atoms with Gasteiger partial charge in [0.05, 0.1) is 22.7 Å². The van der Waals surface area contributed by atoms with Crippen molar-refractivity contribution in [2.75, 3.05) is 24.5 Å². The van der Waals surface area contributed by atoms with Gasteiger partial charge >= 0.3 is 0 Å². The lowest BCUT2D eigenvalue weighted by atomic mass is 10.1. The van der Waals surface area contributed by atoms with Crippen LogP contribution in [0, 0.1) is 6.92 Å². The molecule has 0 aliphatic heterocycles. The predicted octanol–water partition coefficient (Wildman–Crippen LogP) is 4.80. The first kappa shape index (κ1) is 30.0. The fourth-order valence-electron chi connectivity index (χ4n) is 3.95. The highest BCUT2D eigenvalue weighted by Gasteiger charge is 2.33. The molecule has 0 heterocycles. The maximum atomic E-state index is 13.9. The quantitative estimate of drug-likeness (QED) is 0.337. The van der Waals surface area contributed by atoms with E-state index in [0.717, 1.165) is 21.9 Å². The third-order valence-electron chi connectivity index (χ3n) is 6.21. The minimum atomic E-state index is -4.18. The molecular formula is C29H34ClN3O5S. The maximum Gasteiger partial charge on any atom is 0.264 e. The molecule has 3 rings (SSSR count). The fraction of sp³-hybridized carbons (Fsp3) is 0.310. The molecule has 3 aromatic carbocycles. The number of para-hydroxylation sites is 1. The lowest BCUT2D eigenvalue weighted by Crippen LogP contribution is -2.51. The second kappa shape index (κ2) is 13.5. The molecule has 39 heavy (non-hydrogen) atoms. The van der Waals surface area contributed by atoms with Crippen molar-refractivity contribution in [3.8, 4) is 5.75 Å². The number of halogens is 1. The molecule has 2 amide bonds. The lowest BCUT2D eigenvalue weighted by Gasteiger charge is -2.32. The van der Waals surface area contributed by atoms with Gasteiger partial charge in [-0.05, 0) is 62.2 Å². The van der Waals surface area contributed by atoms with Crippen LogP contribution in [0.2, 0.25) is 5.02 Å². The van der Waals surface area contributed by atoms with E-state index in [1.165, 1.54) is 17.0 Å². The van der Waals surface area contributed by atoms with Crippen LogP contribution < -0.4 is 14.4 Å². The minimum Gasteiger partial charge on any atom is -0.497 e. The van der Waals surface area contributed by atoms with Crippen molar-refractivity contribution >= 4 is 39.1 Å². The zero-order chi connectivity index (χ0) is 28.6. The van der Waals surface area contributed by atoms with Gasteiger partial charge in [0.15, 0.2) is 0 Å². The van der Waals surface area contributed by atoms with Crippen LogP contribution in [-0.2, 0) is 26.2 Å². The monoisotopic (exact) mass is 571 g/mol. The van der Waals surface area contributed by atoms with Crippen LogP contribution in [0.15, 0.2) is 77.7 Å². The summed E-state index contributed by atoms with van der Waals surface area (Å²) < 4.78 is 34.0. The predicted molar refractivity (Wildman–Crippen MR) is 153 cm³/mol. The summed E-state index contributed by atoms with van der Waals surface area (Å²) in [5, 5.41) is 3.00. The van der Waals surface area contributed by atoms with Crippen molar-refractivity contribution in [1.29, 1.82) is 0 Å². The Labute approximate surface area is 235 Å². The van der Waals surface area contributed by atoms with Crippen LogP contribution >= 0.6 is 11.6 Å². The molecular weight excluding hydrogens is 538 g/mol. The second-order valence-electron chi connectivity index (χ2n) is 9.12. The van der Waals surface area contributed by atoms with Gasteiger partial charge in [0.1, 0.15) is 18.3 Å². The Morgan fingerprint density at radius 3 is 2.36 bits per heavy atom. The minimum absolute atomic E-state index is 0.0221. The number of carbonyl (C=O) groups excluding carboxylic acids is 2. The number of sulfonamides is 1. The Morgan fingerprint density at radius 1 is 1.03 bits per heavy atom. The van der Waals surface area contributed by atoms with Crippen molar-refractivity contribution in [2.24, 2.45) is 0 Å². The summed E-state index contributed by atoms with van der Waals surface area (Å²) in [4.78, 5) is 28.2. The highest BCUT2D eigenvalue weighted by atomic mass is 35.5. The van der Waals surface area contributed by atoms with E-state index in [-0.39, 0.29) is 28.1 Å². The van der Waals surface area contributed by atoms with E-state index in [9.17, 15) is 18.0 Å². The molecule has 0 saturated heterocycles. The maximum absolute atomic E-state index is 13.9. The number of nitrogens with zero attached hydrogens (tertiary/aromatic N) is 2. The lowest BCUT2D eigenvalue weighted by molar-refractivity contribution is -0.139. The largest absolute Gasteiger partial charge is 0.497 e. The van der Waals surface area contributed by atoms with Gasteiger partial charge in [-0.2, -0.15) is 0 Å². The summed E-state index contributed by atoms with van der Waals surface area (Å²) in [6.07, 6.45) is 0.734. The summed E-state index contributed by atoms with van der Waals surface area (Å²) in [7, 11) is -2.64. The van der Waals surface area contributed by atoms with Gasteiger partial charge in [0, 0.05) is 13.1 Å². The number of anilines is 1. The average Bonchev–Trinajstić information content (AvgIpc) is 2.93. The first-order valence-corrected chi connectivity index (χ1v) is 14.4. The van der Waals surface area contributed by atoms with E-state index in [2.05, 4.69) is 5.32 Å². The Bertz CT molecular complexity index is 1400. The van der Waals surface area contributed by atoms with Crippen molar-refractivity contribution in [1.82, 2.24) is 10.2 Å². The summed E-state index contributed by atoms with van der Waals surface area (Å²) in [5.41, 5.74) is 1.78. The number of hydrogen-bond acceptors (Lipinski definition) is 5. The first-order valence-electron chi connectivity index (χ1n) is 12.6. The van der Waals surface area contributed by atoms with E-state index in [1.54, 1.807) is 68.6 Å². The Kier molecular flexibility index (Phi) is 10.4. The molecule has 0 spiro atoms. The number of ether oxygens (including phenoxy) is 1. The Hall–Kier alpha value is -3.56. The molecule has 0 aliphatic rings. The van der Waals surface area contributed by atoms with Crippen molar-refractivity contribution in [3.63, 3.8) is 0 Å². The zero-order valence-corrected chi connectivity index (χ0v) is 24.1. The summed E-state index contributed by atoms with van der Waals surface area (Å²) in [6.45, 7) is 5.37. The zero-order valence-electron chi connectivity index (χ0n) is 22.6. The Balaban J connectivity index is 2.03. The number of aryl methyl sites for hydroxylation is 1. The third kappa shape index (κ3) is 7.52. The normalized spacial score (nSPS) is 11.9. The molecule has 1 atom stereocenters. The highest BCUT2D eigenvalue weighted by molar-refractivity contribution is 7.92. The van der Waals surface area contributed by atoms with Crippen LogP contribution in [0.5, 0.6) is 5.75 Å². The van der Waals surface area contributed by atoms with Crippen molar-refractivity contribution < 1.29 is 22.7 Å². The molecule has 0 saturated carbocycles. The molecule has 0 unspecified atom stereocenters. The van der Waals surface area contributed by atoms with Crippen LogP contribution in [0.25, 0.3) is 0 Å². The highest BCUT2D eigenvalue weighted by Crippen LogP contribution is 2.31. The van der Waals surface area contributed by atoms with Gasteiger partial charge in [-0.1, -0.05) is 60.5 Å². The van der Waals surface area contributed by atoms with E-state index in [4.69, 9.17) is 16.3 Å². The number of hydrogen-bond donors (Lipinski definition) is 1. The number of nitrogens with one attached hydrogen (secondary N) is 1. The third-order valence-corrected chi connectivity index (χ3v) is 8.31. The summed E-state index contributed by atoms with van der Waals surface area (Å²) in [6, 6.07) is 19.1. The fourth-order valence-corrected chi connectivity index (χ4v) is 5.67. The SMILES string of the molecule is CCCNC(=O)[C@H](C)N(Cc1cccc(OC)c1)C(=O)CN(c1ccccc1Cl)S(=O)(=O)c1ccc(C)cc1. The van der Waals surface area contributed by atoms with Gasteiger partial charge in [0.2, 0.25) is 11.8 Å². The number of methoxy groups -OCH3 is 1. The number of rotatable bonds is 12. The van der Waals surface area contributed by atoms with Crippen LogP contribution in [0.1, 0.15) is 31.4 Å². The molecule has 0 aromatic heterocycles. The molecule has 8 nitrogen and oxygen atoms in total. The van der Waals surface area contributed by atoms with E-state index in [0.29, 0.717) is 12.3 Å². The Morgan fingerprint density at radius 2 is 1.72 bits per heavy atom. The second-order valence-corrected chi connectivity index (χ2v) is 11.4. The molecule has 0 fully saturated rings. The first-order chi connectivity index (χ1) is 18.6. The van der Waals surface area contributed by atoms with E-state index in [1.807, 2.05) is 19.9 Å². The molecule has 1 N–H and O–H groups in total. The molecule has 0 radical (unpaired) electrons. The smallest absolute Gasteiger partial charge is 0.264 e. The van der Waals surface area contributed by atoms with Gasteiger partial charge < -0.3 is 15.0 Å². The number of benzene rings is 3. The van der Waals surface area contributed by atoms with Crippen LogP contribution in [0.4, 0.5) is 5.69 Å². The van der Waals surface area contributed by atoms with Crippen LogP contribution in [0.3, 0.4) is 0 Å². The molecule has 0 aliphatic carbocycles. The standard InChI is InChI=1S/C29H34ClN3O5S/c1-5-17-31-29(35)22(3)32(19-23-9-8-10-24(18-23)38-4)28(34)20-33(27-12-7-6-11-26(27)30)39(36,37)25-15-13-21(2)14-16-25/h6-16,18,22H,5,17,19-20H2,1-4H3,(H,31,35)/t22-/m0/s1. The van der Waals surface area contributed by atoms with E-state index < -0.39 is 28.5 Å². The number of amides is 2. The molecule has 3 aromatic rings. The van der Waals surface area contributed by atoms with E-state index >= 15 is 0 Å². The van der Waals surface area contributed by atoms with Crippen molar-refractivity contribution in [2.45, 2.75) is 44.7 Å².